The van der Waals surface area contributed by atoms with Crippen molar-refractivity contribution in [3.05, 3.63) is 93.5 Å². The van der Waals surface area contributed by atoms with Crippen LogP contribution in [0.15, 0.2) is 76.8 Å². The van der Waals surface area contributed by atoms with E-state index in [1.54, 1.807) is 61.5 Å². The number of ketones is 1. The van der Waals surface area contributed by atoms with E-state index < -0.39 is 17.7 Å². The summed E-state index contributed by atoms with van der Waals surface area (Å²) in [7, 11) is 0. The highest BCUT2D eigenvalue weighted by atomic mass is 79.9. The lowest BCUT2D eigenvalue weighted by Crippen LogP contribution is -2.29. The van der Waals surface area contributed by atoms with Crippen LogP contribution >= 0.6 is 15.9 Å². The number of benzene rings is 3. The summed E-state index contributed by atoms with van der Waals surface area (Å²) in [4.78, 5) is 27.8. The first kappa shape index (κ1) is 22.6. The van der Waals surface area contributed by atoms with E-state index in [9.17, 15) is 19.8 Å². The number of carbonyl (C=O) groups excluding carboxylic acids is 2. The SMILES string of the molecule is CCOc1cc(C2/C(=C(/O)c3ccccc3)C(=O)C(=O)N2c2ccc(C)c(Br)c2)ccc1O. The first-order valence-electron chi connectivity index (χ1n) is 10.4. The van der Waals surface area contributed by atoms with Crippen LogP contribution in [0, 0.1) is 6.92 Å². The van der Waals surface area contributed by atoms with E-state index in [1.807, 2.05) is 13.0 Å². The number of aromatic hydroxyl groups is 1. The highest BCUT2D eigenvalue weighted by molar-refractivity contribution is 9.10. The summed E-state index contributed by atoms with van der Waals surface area (Å²) in [5.41, 5.74) is 2.38. The molecule has 1 amide bonds. The molecular weight excluding hydrogens is 486 g/mol. The van der Waals surface area contributed by atoms with E-state index in [1.165, 1.54) is 11.0 Å². The summed E-state index contributed by atoms with van der Waals surface area (Å²) in [6.07, 6.45) is 0. The van der Waals surface area contributed by atoms with Crippen LogP contribution in [-0.4, -0.2) is 28.5 Å². The lowest BCUT2D eigenvalue weighted by molar-refractivity contribution is -0.132. The Balaban J connectivity index is 1.97. The van der Waals surface area contributed by atoms with Crippen molar-refractivity contribution in [1.82, 2.24) is 0 Å². The number of carbonyl (C=O) groups is 2. The largest absolute Gasteiger partial charge is 0.507 e. The van der Waals surface area contributed by atoms with Crippen molar-refractivity contribution >= 4 is 39.1 Å². The first-order chi connectivity index (χ1) is 15.8. The zero-order chi connectivity index (χ0) is 23.7. The third kappa shape index (κ3) is 4.12. The maximum atomic E-state index is 13.2. The number of halogens is 1. The van der Waals surface area contributed by atoms with E-state index in [0.717, 1.165) is 10.0 Å². The predicted octanol–water partition coefficient (Wildman–Crippen LogP) is 5.49. The number of aliphatic hydroxyl groups excluding tert-OH is 1. The standard InChI is InChI=1S/C26H22BrNO5/c1-3-33-21-13-17(10-12-20(21)29)23-22(24(30)16-7-5-4-6-8-16)25(31)26(32)28(23)18-11-9-15(2)19(27)14-18/h4-14,23,29-30H,3H2,1-2H3/b24-22-. The fourth-order valence-electron chi connectivity index (χ4n) is 3.87. The number of ether oxygens (including phenoxy) is 1. The first-order valence-corrected chi connectivity index (χ1v) is 11.2. The summed E-state index contributed by atoms with van der Waals surface area (Å²) in [6.45, 7) is 4.03. The van der Waals surface area contributed by atoms with Gasteiger partial charge < -0.3 is 14.9 Å². The van der Waals surface area contributed by atoms with Gasteiger partial charge in [-0.2, -0.15) is 0 Å². The number of nitrogens with zero attached hydrogens (tertiary/aromatic N) is 1. The molecular formula is C26H22BrNO5. The molecule has 0 bridgehead atoms. The Labute approximate surface area is 199 Å². The molecule has 3 aromatic rings. The van der Waals surface area contributed by atoms with Crippen LogP contribution in [0.4, 0.5) is 5.69 Å². The summed E-state index contributed by atoms with van der Waals surface area (Å²) in [5.74, 6) is -1.63. The molecule has 4 rings (SSSR count). The number of amides is 1. The van der Waals surface area contributed by atoms with Gasteiger partial charge in [-0.05, 0) is 49.2 Å². The van der Waals surface area contributed by atoms with E-state index in [2.05, 4.69) is 15.9 Å². The van der Waals surface area contributed by atoms with Gasteiger partial charge in [0.1, 0.15) is 5.76 Å². The van der Waals surface area contributed by atoms with Gasteiger partial charge in [-0.15, -0.1) is 0 Å². The molecule has 7 heteroatoms. The topological polar surface area (TPSA) is 87.1 Å². The van der Waals surface area contributed by atoms with E-state index >= 15 is 0 Å². The van der Waals surface area contributed by atoms with Crippen molar-refractivity contribution in [2.45, 2.75) is 19.9 Å². The molecule has 1 aliphatic rings. The summed E-state index contributed by atoms with van der Waals surface area (Å²) >= 11 is 3.49. The normalized spacial score (nSPS) is 17.4. The minimum absolute atomic E-state index is 0.0314. The molecule has 1 fully saturated rings. The van der Waals surface area contributed by atoms with Crippen LogP contribution < -0.4 is 9.64 Å². The monoisotopic (exact) mass is 507 g/mol. The molecule has 0 aliphatic carbocycles. The van der Waals surface area contributed by atoms with Gasteiger partial charge >= 0.3 is 0 Å². The Kier molecular flexibility index (Phi) is 6.24. The highest BCUT2D eigenvalue weighted by Crippen LogP contribution is 2.44. The summed E-state index contributed by atoms with van der Waals surface area (Å²) in [5, 5.41) is 21.3. The third-order valence-electron chi connectivity index (χ3n) is 5.52. The molecule has 1 aliphatic heterocycles. The molecule has 168 valence electrons. The molecule has 1 atom stereocenters. The van der Waals surface area contributed by atoms with Crippen molar-refractivity contribution in [2.75, 3.05) is 11.5 Å². The number of aryl methyl sites for hydroxylation is 1. The summed E-state index contributed by atoms with van der Waals surface area (Å²) in [6, 6.07) is 17.7. The van der Waals surface area contributed by atoms with E-state index in [-0.39, 0.29) is 22.8 Å². The second kappa shape index (κ2) is 9.11. The Morgan fingerprint density at radius 3 is 2.45 bits per heavy atom. The smallest absolute Gasteiger partial charge is 0.300 e. The number of hydrogen-bond acceptors (Lipinski definition) is 5. The van der Waals surface area contributed by atoms with Gasteiger partial charge in [-0.3, -0.25) is 14.5 Å². The Morgan fingerprint density at radius 1 is 1.06 bits per heavy atom. The van der Waals surface area contributed by atoms with Gasteiger partial charge in [-0.25, -0.2) is 0 Å². The minimum Gasteiger partial charge on any atom is -0.507 e. The lowest BCUT2D eigenvalue weighted by Gasteiger charge is -2.26. The fourth-order valence-corrected chi connectivity index (χ4v) is 4.24. The van der Waals surface area contributed by atoms with Crippen molar-refractivity contribution in [2.24, 2.45) is 0 Å². The second-order valence-corrected chi connectivity index (χ2v) is 8.48. The van der Waals surface area contributed by atoms with Crippen LogP contribution in [0.5, 0.6) is 11.5 Å². The van der Waals surface area contributed by atoms with Crippen LogP contribution in [0.25, 0.3) is 5.76 Å². The molecule has 2 N–H and O–H groups in total. The number of hydrogen-bond donors (Lipinski definition) is 2. The average molecular weight is 508 g/mol. The number of aliphatic hydroxyl groups is 1. The van der Waals surface area contributed by atoms with Gasteiger partial charge in [0, 0.05) is 15.7 Å². The number of anilines is 1. The van der Waals surface area contributed by atoms with Gasteiger partial charge in [-0.1, -0.05) is 58.4 Å². The summed E-state index contributed by atoms with van der Waals surface area (Å²) < 4.78 is 6.30. The molecule has 0 aromatic heterocycles. The highest BCUT2D eigenvalue weighted by Gasteiger charge is 2.47. The quantitative estimate of drug-likeness (QED) is 0.271. The fraction of sp³-hybridized carbons (Fsp3) is 0.154. The zero-order valence-corrected chi connectivity index (χ0v) is 19.7. The lowest BCUT2D eigenvalue weighted by atomic mass is 9.94. The van der Waals surface area contributed by atoms with Gasteiger partial charge in [0.2, 0.25) is 0 Å². The Hall–Kier alpha value is -3.58. The molecule has 0 radical (unpaired) electrons. The molecule has 1 saturated heterocycles. The molecule has 1 heterocycles. The third-order valence-corrected chi connectivity index (χ3v) is 6.38. The van der Waals surface area contributed by atoms with Crippen LogP contribution in [0.1, 0.15) is 29.7 Å². The molecule has 0 spiro atoms. The second-order valence-electron chi connectivity index (χ2n) is 7.63. The number of phenolic OH excluding ortho intramolecular Hbond substituents is 1. The van der Waals surface area contributed by atoms with Gasteiger partial charge in [0.25, 0.3) is 11.7 Å². The minimum atomic E-state index is -0.917. The van der Waals surface area contributed by atoms with Crippen LogP contribution in [0.2, 0.25) is 0 Å². The Bertz CT molecular complexity index is 1270. The molecule has 1 unspecified atom stereocenters. The molecule has 6 nitrogen and oxygen atoms in total. The molecule has 33 heavy (non-hydrogen) atoms. The number of rotatable bonds is 5. The van der Waals surface area contributed by atoms with E-state index in [4.69, 9.17) is 4.74 Å². The van der Waals surface area contributed by atoms with Gasteiger partial charge in [0.05, 0.1) is 18.2 Å². The van der Waals surface area contributed by atoms with Crippen molar-refractivity contribution < 1.29 is 24.5 Å². The maximum Gasteiger partial charge on any atom is 0.300 e. The van der Waals surface area contributed by atoms with Gasteiger partial charge in [0.15, 0.2) is 11.5 Å². The zero-order valence-electron chi connectivity index (χ0n) is 18.1. The van der Waals surface area contributed by atoms with E-state index in [0.29, 0.717) is 23.4 Å². The van der Waals surface area contributed by atoms with Crippen molar-refractivity contribution in [1.29, 1.82) is 0 Å². The Morgan fingerprint density at radius 2 is 1.79 bits per heavy atom. The predicted molar refractivity (Wildman–Crippen MR) is 129 cm³/mol. The average Bonchev–Trinajstić information content (AvgIpc) is 3.08. The molecule has 0 saturated carbocycles. The van der Waals surface area contributed by atoms with Crippen molar-refractivity contribution in [3.8, 4) is 11.5 Å². The van der Waals surface area contributed by atoms with Crippen LogP contribution in [-0.2, 0) is 9.59 Å². The number of Topliss-reactive ketones (excluding diaryl/α,β-unsaturated/α-hetero) is 1. The maximum absolute atomic E-state index is 13.2. The van der Waals surface area contributed by atoms with Crippen LogP contribution in [0.3, 0.4) is 0 Å². The number of phenols is 1. The molecule has 3 aromatic carbocycles. The van der Waals surface area contributed by atoms with Crippen molar-refractivity contribution in [3.63, 3.8) is 0 Å².